The summed E-state index contributed by atoms with van der Waals surface area (Å²) in [5.74, 6) is -1.24. The predicted molar refractivity (Wildman–Crippen MR) is 54.0 cm³/mol. The third kappa shape index (κ3) is 5.58. The van der Waals surface area contributed by atoms with Crippen LogP contribution >= 0.6 is 15.9 Å². The van der Waals surface area contributed by atoms with E-state index >= 15 is 0 Å². The SMILES string of the molecule is CC(C)(C)OC(=O)N/C(=C\Br)C(=O)O. The number of amides is 1. The van der Waals surface area contributed by atoms with E-state index in [1.807, 2.05) is 0 Å². The Morgan fingerprint density at radius 1 is 1.43 bits per heavy atom. The first-order valence-corrected chi connectivity index (χ1v) is 4.71. The molecule has 0 aromatic carbocycles. The highest BCUT2D eigenvalue weighted by atomic mass is 79.9. The van der Waals surface area contributed by atoms with Crippen molar-refractivity contribution in [2.24, 2.45) is 0 Å². The summed E-state index contributed by atoms with van der Waals surface area (Å²) in [6.45, 7) is 5.06. The Kier molecular flexibility index (Phi) is 4.62. The van der Waals surface area contributed by atoms with Crippen molar-refractivity contribution in [3.63, 3.8) is 0 Å². The highest BCUT2D eigenvalue weighted by Crippen LogP contribution is 2.07. The first-order chi connectivity index (χ1) is 6.26. The molecule has 0 radical (unpaired) electrons. The minimum Gasteiger partial charge on any atom is -0.477 e. The number of aliphatic carboxylic acids is 1. The molecule has 0 rings (SSSR count). The molecule has 0 saturated heterocycles. The minimum absolute atomic E-state index is 0.278. The van der Waals surface area contributed by atoms with Gasteiger partial charge in [-0.3, -0.25) is 5.32 Å². The molecule has 0 saturated carbocycles. The number of nitrogens with one attached hydrogen (secondary N) is 1. The Labute approximate surface area is 90.3 Å². The fraction of sp³-hybridized carbons (Fsp3) is 0.500. The first kappa shape index (κ1) is 13.0. The molecule has 0 aliphatic heterocycles. The second-order valence-corrected chi connectivity index (χ2v) is 3.91. The summed E-state index contributed by atoms with van der Waals surface area (Å²) >= 11 is 2.81. The maximum absolute atomic E-state index is 11.1. The molecule has 14 heavy (non-hydrogen) atoms. The first-order valence-electron chi connectivity index (χ1n) is 3.80. The van der Waals surface area contributed by atoms with Gasteiger partial charge in [0.1, 0.15) is 11.3 Å². The van der Waals surface area contributed by atoms with Crippen LogP contribution in [0.2, 0.25) is 0 Å². The van der Waals surface area contributed by atoms with Gasteiger partial charge in [0.15, 0.2) is 0 Å². The molecule has 80 valence electrons. The van der Waals surface area contributed by atoms with Crippen LogP contribution in [0.4, 0.5) is 4.79 Å². The van der Waals surface area contributed by atoms with Gasteiger partial charge in [-0.15, -0.1) is 0 Å². The van der Waals surface area contributed by atoms with Crippen LogP contribution in [0.5, 0.6) is 0 Å². The summed E-state index contributed by atoms with van der Waals surface area (Å²) in [5, 5.41) is 10.6. The van der Waals surface area contributed by atoms with E-state index < -0.39 is 17.7 Å². The van der Waals surface area contributed by atoms with E-state index in [0.717, 1.165) is 4.99 Å². The Morgan fingerprint density at radius 2 is 1.93 bits per heavy atom. The molecule has 0 fully saturated rings. The van der Waals surface area contributed by atoms with Gasteiger partial charge in [0.2, 0.25) is 0 Å². The van der Waals surface area contributed by atoms with E-state index in [1.165, 1.54) is 0 Å². The summed E-state index contributed by atoms with van der Waals surface area (Å²) in [7, 11) is 0. The summed E-state index contributed by atoms with van der Waals surface area (Å²) < 4.78 is 4.85. The number of carboxylic acid groups (broad SMARTS) is 1. The van der Waals surface area contributed by atoms with Gasteiger partial charge in [-0.2, -0.15) is 0 Å². The van der Waals surface area contributed by atoms with E-state index in [1.54, 1.807) is 20.8 Å². The number of alkyl carbamates (subject to hydrolysis) is 1. The second-order valence-electron chi connectivity index (χ2n) is 3.45. The molecule has 0 unspecified atom stereocenters. The lowest BCUT2D eigenvalue weighted by Gasteiger charge is -2.19. The normalized spacial score (nSPS) is 12.1. The van der Waals surface area contributed by atoms with Crippen molar-refractivity contribution in [1.82, 2.24) is 5.32 Å². The van der Waals surface area contributed by atoms with Gasteiger partial charge in [-0.25, -0.2) is 9.59 Å². The third-order valence-corrected chi connectivity index (χ3v) is 1.43. The topological polar surface area (TPSA) is 75.6 Å². The number of rotatable bonds is 2. The van der Waals surface area contributed by atoms with E-state index in [9.17, 15) is 9.59 Å². The molecule has 2 N–H and O–H groups in total. The van der Waals surface area contributed by atoms with E-state index in [2.05, 4.69) is 21.2 Å². The van der Waals surface area contributed by atoms with Gasteiger partial charge >= 0.3 is 12.1 Å². The highest BCUT2D eigenvalue weighted by molar-refractivity contribution is 9.11. The van der Waals surface area contributed by atoms with Crippen LogP contribution in [-0.4, -0.2) is 22.8 Å². The van der Waals surface area contributed by atoms with E-state index in [0.29, 0.717) is 0 Å². The molecular formula is C8H12BrNO4. The molecular weight excluding hydrogens is 254 g/mol. The van der Waals surface area contributed by atoms with Crippen molar-refractivity contribution in [3.8, 4) is 0 Å². The van der Waals surface area contributed by atoms with Gasteiger partial charge in [0, 0.05) is 4.99 Å². The smallest absolute Gasteiger partial charge is 0.412 e. The van der Waals surface area contributed by atoms with Gasteiger partial charge in [0.05, 0.1) is 0 Å². The number of halogens is 1. The Morgan fingerprint density at radius 3 is 2.21 bits per heavy atom. The minimum atomic E-state index is -1.24. The zero-order valence-electron chi connectivity index (χ0n) is 8.13. The summed E-state index contributed by atoms with van der Waals surface area (Å²) in [6, 6.07) is 0. The summed E-state index contributed by atoms with van der Waals surface area (Å²) in [4.78, 5) is 22.6. The van der Waals surface area contributed by atoms with Crippen molar-refractivity contribution >= 4 is 28.0 Å². The number of ether oxygens (including phenoxy) is 1. The van der Waals surface area contributed by atoms with Crippen LogP contribution in [0.15, 0.2) is 10.7 Å². The quantitative estimate of drug-likeness (QED) is 0.747. The van der Waals surface area contributed by atoms with Gasteiger partial charge in [-0.05, 0) is 20.8 Å². The molecule has 1 amide bonds. The van der Waals surface area contributed by atoms with Crippen LogP contribution in [0.25, 0.3) is 0 Å². The highest BCUT2D eigenvalue weighted by Gasteiger charge is 2.18. The lowest BCUT2D eigenvalue weighted by atomic mass is 10.2. The van der Waals surface area contributed by atoms with Crippen molar-refractivity contribution in [2.45, 2.75) is 26.4 Å². The van der Waals surface area contributed by atoms with Gasteiger partial charge < -0.3 is 9.84 Å². The largest absolute Gasteiger partial charge is 0.477 e. The van der Waals surface area contributed by atoms with Crippen molar-refractivity contribution in [1.29, 1.82) is 0 Å². The van der Waals surface area contributed by atoms with Crippen LogP contribution < -0.4 is 5.32 Å². The Bertz CT molecular complexity index is 267. The van der Waals surface area contributed by atoms with Crippen LogP contribution in [0.1, 0.15) is 20.8 Å². The standard InChI is InChI=1S/C8H12BrNO4/c1-8(2,3)14-7(13)10-5(4-9)6(11)12/h4H,1-3H3,(H,10,13)(H,11,12)/b5-4-. The maximum Gasteiger partial charge on any atom is 0.412 e. The van der Waals surface area contributed by atoms with E-state index in [4.69, 9.17) is 9.84 Å². The molecule has 0 aliphatic rings. The lowest BCUT2D eigenvalue weighted by Crippen LogP contribution is -2.33. The number of hydrogen-bond donors (Lipinski definition) is 2. The van der Waals surface area contributed by atoms with Crippen LogP contribution in [0.3, 0.4) is 0 Å². The van der Waals surface area contributed by atoms with Crippen LogP contribution in [-0.2, 0) is 9.53 Å². The Balaban J connectivity index is 4.26. The molecule has 0 spiro atoms. The number of carbonyl (C=O) groups is 2. The fourth-order valence-electron chi connectivity index (χ4n) is 0.541. The van der Waals surface area contributed by atoms with Crippen molar-refractivity contribution in [2.75, 3.05) is 0 Å². The van der Waals surface area contributed by atoms with Crippen LogP contribution in [0, 0.1) is 0 Å². The Hall–Kier alpha value is -1.04. The van der Waals surface area contributed by atoms with Crippen molar-refractivity contribution in [3.05, 3.63) is 10.7 Å². The fourth-order valence-corrected chi connectivity index (χ4v) is 0.851. The number of carbonyl (C=O) groups excluding carboxylic acids is 1. The second kappa shape index (κ2) is 4.99. The number of hydrogen-bond acceptors (Lipinski definition) is 3. The average Bonchev–Trinajstić information content (AvgIpc) is 1.96. The zero-order valence-corrected chi connectivity index (χ0v) is 9.71. The van der Waals surface area contributed by atoms with Crippen molar-refractivity contribution < 1.29 is 19.4 Å². The van der Waals surface area contributed by atoms with Gasteiger partial charge in [-0.1, -0.05) is 15.9 Å². The maximum atomic E-state index is 11.1. The van der Waals surface area contributed by atoms with Gasteiger partial charge in [0.25, 0.3) is 0 Å². The predicted octanol–water partition coefficient (Wildman–Crippen LogP) is 1.83. The molecule has 5 nitrogen and oxygen atoms in total. The number of carboxylic acids is 1. The molecule has 0 bridgehead atoms. The van der Waals surface area contributed by atoms with E-state index in [-0.39, 0.29) is 5.70 Å². The molecule has 6 heteroatoms. The lowest BCUT2D eigenvalue weighted by molar-refractivity contribution is -0.133. The molecule has 0 heterocycles. The summed E-state index contributed by atoms with van der Waals surface area (Å²) in [6.07, 6.45) is -0.800. The molecule has 0 aliphatic carbocycles. The third-order valence-electron chi connectivity index (χ3n) is 0.975. The molecule has 0 atom stereocenters. The summed E-state index contributed by atoms with van der Waals surface area (Å²) in [5.41, 5.74) is -0.931. The molecule has 0 aromatic heterocycles. The zero-order chi connectivity index (χ0) is 11.4. The average molecular weight is 266 g/mol. The molecule has 0 aromatic rings. The monoisotopic (exact) mass is 265 g/mol.